The Morgan fingerprint density at radius 1 is 0.805 bits per heavy atom. The third kappa shape index (κ3) is 6.26. The molecule has 4 aromatic carbocycles. The van der Waals surface area contributed by atoms with Gasteiger partial charge in [-0.1, -0.05) is 98.3 Å². The topological polar surface area (TPSA) is 30.3 Å². The molecule has 0 radical (unpaired) electrons. The van der Waals surface area contributed by atoms with Crippen LogP contribution in [0.2, 0.25) is 0 Å². The summed E-state index contributed by atoms with van der Waals surface area (Å²) in [5.74, 6) is 1.77. The average molecular weight is 546 g/mol. The summed E-state index contributed by atoms with van der Waals surface area (Å²) in [7, 11) is 0. The summed E-state index contributed by atoms with van der Waals surface area (Å²) in [6, 6.07) is 34.4. The normalized spacial score (nSPS) is 12.5. The largest absolute Gasteiger partial charge is 0.493 e. The number of rotatable bonds is 11. The molecule has 0 bridgehead atoms. The van der Waals surface area contributed by atoms with Crippen molar-refractivity contribution in [3.05, 3.63) is 131 Å². The highest BCUT2D eigenvalue weighted by atomic mass is 19.1. The first-order chi connectivity index (χ1) is 20.2. The number of unbranched alkanes of at least 4 members (excludes halogenated alkanes) is 1. The molecule has 1 aliphatic heterocycles. The second-order valence-electron chi connectivity index (χ2n) is 10.8. The van der Waals surface area contributed by atoms with E-state index in [-0.39, 0.29) is 5.82 Å². The van der Waals surface area contributed by atoms with E-state index in [0.29, 0.717) is 13.1 Å². The third-order valence-corrected chi connectivity index (χ3v) is 7.72. The van der Waals surface area contributed by atoms with Gasteiger partial charge in [0.25, 0.3) is 0 Å². The number of aromatic nitrogens is 2. The Labute approximate surface area is 242 Å². The van der Waals surface area contributed by atoms with Gasteiger partial charge in [0.15, 0.2) is 0 Å². The Kier molecular flexibility index (Phi) is 8.24. The number of nitrogens with zero attached hydrogens (tertiary/aromatic N) is 3. The van der Waals surface area contributed by atoms with E-state index in [4.69, 9.17) is 9.72 Å². The van der Waals surface area contributed by atoms with Gasteiger partial charge in [0.1, 0.15) is 17.4 Å². The first-order valence-corrected chi connectivity index (χ1v) is 14.6. The van der Waals surface area contributed by atoms with Crippen LogP contribution in [-0.2, 0) is 32.6 Å². The van der Waals surface area contributed by atoms with Gasteiger partial charge in [0.05, 0.1) is 18.0 Å². The smallest absolute Gasteiger partial charge is 0.140 e. The Balaban J connectivity index is 1.44. The molecule has 0 saturated carbocycles. The molecule has 208 valence electrons. The lowest BCUT2D eigenvalue weighted by Crippen LogP contribution is -2.24. The molecule has 0 unspecified atom stereocenters. The number of ether oxygens (including phenoxy) is 1. The Morgan fingerprint density at radius 3 is 2.27 bits per heavy atom. The van der Waals surface area contributed by atoms with Crippen molar-refractivity contribution in [1.82, 2.24) is 14.5 Å². The lowest BCUT2D eigenvalue weighted by molar-refractivity contribution is 0.241. The molecule has 41 heavy (non-hydrogen) atoms. The van der Waals surface area contributed by atoms with Crippen molar-refractivity contribution >= 4 is 0 Å². The van der Waals surface area contributed by atoms with Crippen LogP contribution in [0.15, 0.2) is 103 Å². The molecule has 0 N–H and O–H groups in total. The zero-order chi connectivity index (χ0) is 28.0. The van der Waals surface area contributed by atoms with E-state index in [1.54, 1.807) is 12.1 Å². The molecule has 2 heterocycles. The summed E-state index contributed by atoms with van der Waals surface area (Å²) >= 11 is 0. The number of hydrogen-bond acceptors (Lipinski definition) is 3. The van der Waals surface area contributed by atoms with Crippen LogP contribution in [0.4, 0.5) is 4.39 Å². The summed E-state index contributed by atoms with van der Waals surface area (Å²) in [5, 5.41) is 0. The van der Waals surface area contributed by atoms with Crippen LogP contribution in [0.3, 0.4) is 0 Å². The van der Waals surface area contributed by atoms with Gasteiger partial charge in [0, 0.05) is 43.7 Å². The van der Waals surface area contributed by atoms with Crippen LogP contribution >= 0.6 is 0 Å². The molecule has 6 rings (SSSR count). The van der Waals surface area contributed by atoms with E-state index in [2.05, 4.69) is 83.1 Å². The molecule has 0 atom stereocenters. The standard InChI is InChI=1S/C36H36FN3O/c1-2-3-20-40-33(35(29-12-6-4-7-13-29)38-36(40)30-14-8-5-9-15-30)26-39(24-27-11-10-16-32(37)23-27)25-28-17-18-34-31(22-28)19-21-41-34/h4-18,22-23H,2-3,19-21,24-26H2,1H3. The fourth-order valence-electron chi connectivity index (χ4n) is 5.71. The molecule has 4 nitrogen and oxygen atoms in total. The molecular formula is C36H36FN3O. The van der Waals surface area contributed by atoms with E-state index in [1.807, 2.05) is 18.2 Å². The fourth-order valence-corrected chi connectivity index (χ4v) is 5.71. The first-order valence-electron chi connectivity index (χ1n) is 14.6. The van der Waals surface area contributed by atoms with Gasteiger partial charge in [-0.05, 0) is 41.3 Å². The quantitative estimate of drug-likeness (QED) is 0.167. The van der Waals surface area contributed by atoms with Crippen LogP contribution in [0.25, 0.3) is 22.6 Å². The van der Waals surface area contributed by atoms with E-state index in [0.717, 1.165) is 72.9 Å². The maximum Gasteiger partial charge on any atom is 0.140 e. The summed E-state index contributed by atoms with van der Waals surface area (Å²) in [4.78, 5) is 7.70. The number of halogens is 1. The molecule has 0 spiro atoms. The number of hydrogen-bond donors (Lipinski definition) is 0. The van der Waals surface area contributed by atoms with Crippen molar-refractivity contribution < 1.29 is 9.13 Å². The van der Waals surface area contributed by atoms with Gasteiger partial charge in [-0.2, -0.15) is 0 Å². The third-order valence-electron chi connectivity index (χ3n) is 7.72. The summed E-state index contributed by atoms with van der Waals surface area (Å²) in [6.45, 7) is 5.89. The minimum absolute atomic E-state index is 0.207. The maximum absolute atomic E-state index is 14.3. The number of benzene rings is 4. The predicted octanol–water partition coefficient (Wildman–Crippen LogP) is 8.29. The molecule has 0 aliphatic carbocycles. The first kappa shape index (κ1) is 27.0. The highest BCUT2D eigenvalue weighted by molar-refractivity contribution is 5.68. The van der Waals surface area contributed by atoms with E-state index in [9.17, 15) is 4.39 Å². The molecule has 0 amide bonds. The molecule has 5 aromatic rings. The zero-order valence-electron chi connectivity index (χ0n) is 23.6. The van der Waals surface area contributed by atoms with Gasteiger partial charge < -0.3 is 9.30 Å². The second kappa shape index (κ2) is 12.5. The fraction of sp³-hybridized carbons (Fsp3) is 0.250. The highest BCUT2D eigenvalue weighted by Crippen LogP contribution is 2.32. The van der Waals surface area contributed by atoms with E-state index >= 15 is 0 Å². The lowest BCUT2D eigenvalue weighted by Gasteiger charge is -2.25. The van der Waals surface area contributed by atoms with Crippen LogP contribution in [0, 0.1) is 5.82 Å². The van der Waals surface area contributed by atoms with Crippen molar-refractivity contribution in [3.8, 4) is 28.4 Å². The Morgan fingerprint density at radius 2 is 1.54 bits per heavy atom. The zero-order valence-corrected chi connectivity index (χ0v) is 23.6. The molecule has 5 heteroatoms. The Hall–Kier alpha value is -4.22. The van der Waals surface area contributed by atoms with E-state index < -0.39 is 0 Å². The van der Waals surface area contributed by atoms with Crippen LogP contribution < -0.4 is 4.74 Å². The Bertz CT molecular complexity index is 1600. The molecule has 0 fully saturated rings. The van der Waals surface area contributed by atoms with E-state index in [1.165, 1.54) is 22.9 Å². The predicted molar refractivity (Wildman–Crippen MR) is 163 cm³/mol. The minimum Gasteiger partial charge on any atom is -0.493 e. The van der Waals surface area contributed by atoms with Gasteiger partial charge >= 0.3 is 0 Å². The van der Waals surface area contributed by atoms with Crippen molar-refractivity contribution in [2.45, 2.75) is 52.4 Å². The monoisotopic (exact) mass is 545 g/mol. The summed E-state index contributed by atoms with van der Waals surface area (Å²) in [5.41, 5.74) is 7.86. The molecule has 1 aliphatic rings. The van der Waals surface area contributed by atoms with Crippen LogP contribution in [-0.4, -0.2) is 21.1 Å². The summed E-state index contributed by atoms with van der Waals surface area (Å²) < 4.78 is 22.4. The lowest BCUT2D eigenvalue weighted by atomic mass is 10.1. The molecular weight excluding hydrogens is 509 g/mol. The van der Waals surface area contributed by atoms with Crippen molar-refractivity contribution in [2.75, 3.05) is 6.61 Å². The van der Waals surface area contributed by atoms with Crippen molar-refractivity contribution in [1.29, 1.82) is 0 Å². The number of fused-ring (bicyclic) bond motifs is 1. The van der Waals surface area contributed by atoms with Crippen molar-refractivity contribution in [2.24, 2.45) is 0 Å². The van der Waals surface area contributed by atoms with Gasteiger partial charge in [-0.15, -0.1) is 0 Å². The summed E-state index contributed by atoms with van der Waals surface area (Å²) in [6.07, 6.45) is 3.10. The molecule has 1 aromatic heterocycles. The highest BCUT2D eigenvalue weighted by Gasteiger charge is 2.23. The van der Waals surface area contributed by atoms with Gasteiger partial charge in [0.2, 0.25) is 0 Å². The molecule has 0 saturated heterocycles. The average Bonchev–Trinajstić information content (AvgIpc) is 3.61. The number of imidazole rings is 1. The van der Waals surface area contributed by atoms with Gasteiger partial charge in [-0.3, -0.25) is 4.90 Å². The van der Waals surface area contributed by atoms with Crippen LogP contribution in [0.1, 0.15) is 42.1 Å². The van der Waals surface area contributed by atoms with Crippen molar-refractivity contribution in [3.63, 3.8) is 0 Å². The SMILES string of the molecule is CCCCn1c(-c2ccccc2)nc(-c2ccccc2)c1CN(Cc1cccc(F)c1)Cc1ccc2c(c1)CCO2. The van der Waals surface area contributed by atoms with Crippen LogP contribution in [0.5, 0.6) is 5.75 Å². The minimum atomic E-state index is -0.207. The van der Waals surface area contributed by atoms with Gasteiger partial charge in [-0.25, -0.2) is 9.37 Å². The maximum atomic E-state index is 14.3. The second-order valence-corrected chi connectivity index (χ2v) is 10.8.